The number of amides is 2. The molecule has 3 rings (SSSR count). The number of nitrogens with zero attached hydrogens (tertiary/aromatic N) is 3. The van der Waals surface area contributed by atoms with E-state index >= 15 is 0 Å². The average molecular weight is 449 g/mol. The second kappa shape index (κ2) is 9.43. The van der Waals surface area contributed by atoms with Gasteiger partial charge in [-0.25, -0.2) is 0 Å². The number of halogens is 1. The summed E-state index contributed by atoms with van der Waals surface area (Å²) in [6.07, 6.45) is 2.96. The van der Waals surface area contributed by atoms with Gasteiger partial charge in [-0.2, -0.15) is 0 Å². The zero-order valence-electron chi connectivity index (χ0n) is 17.9. The van der Waals surface area contributed by atoms with Gasteiger partial charge in [0.15, 0.2) is 0 Å². The first-order valence-corrected chi connectivity index (χ1v) is 11.5. The zero-order valence-corrected chi connectivity index (χ0v) is 19.5. The number of rotatable bonds is 6. The van der Waals surface area contributed by atoms with Crippen LogP contribution in [0.15, 0.2) is 24.3 Å². The quantitative estimate of drug-likeness (QED) is 0.654. The van der Waals surface area contributed by atoms with E-state index in [9.17, 15) is 9.59 Å². The number of hydrogen-bond donors (Lipinski definition) is 1. The monoisotopic (exact) mass is 448 g/mol. The molecule has 0 bridgehead atoms. The summed E-state index contributed by atoms with van der Waals surface area (Å²) in [5.41, 5.74) is 1.07. The van der Waals surface area contributed by atoms with E-state index in [1.165, 1.54) is 11.3 Å². The van der Waals surface area contributed by atoms with Crippen molar-refractivity contribution in [2.75, 3.05) is 11.9 Å². The first kappa shape index (κ1) is 22.7. The Bertz CT molecular complexity index is 891. The van der Waals surface area contributed by atoms with E-state index in [1.54, 1.807) is 17.0 Å². The molecular formula is C22H29ClN4O2S. The van der Waals surface area contributed by atoms with Gasteiger partial charge in [-0.15, -0.1) is 10.2 Å². The molecule has 0 aliphatic carbocycles. The molecule has 1 saturated heterocycles. The van der Waals surface area contributed by atoms with Gasteiger partial charge in [0.05, 0.1) is 0 Å². The summed E-state index contributed by atoms with van der Waals surface area (Å²) >= 11 is 7.23. The first-order chi connectivity index (χ1) is 14.1. The molecule has 162 valence electrons. The van der Waals surface area contributed by atoms with Crippen LogP contribution in [0.3, 0.4) is 0 Å². The average Bonchev–Trinajstić information content (AvgIpc) is 3.30. The van der Waals surface area contributed by atoms with Gasteiger partial charge in [-0.1, -0.05) is 62.8 Å². The van der Waals surface area contributed by atoms with Gasteiger partial charge < -0.3 is 4.90 Å². The first-order valence-electron chi connectivity index (χ1n) is 10.3. The lowest BCUT2D eigenvalue weighted by atomic mass is 9.84. The molecular weight excluding hydrogens is 420 g/mol. The maximum atomic E-state index is 12.9. The van der Waals surface area contributed by atoms with Crippen molar-refractivity contribution in [1.82, 2.24) is 15.1 Å². The lowest BCUT2D eigenvalue weighted by Gasteiger charge is -2.27. The molecule has 8 heteroatoms. The normalized spacial score (nSPS) is 17.8. The Labute approximate surface area is 187 Å². The van der Waals surface area contributed by atoms with E-state index in [-0.39, 0.29) is 23.1 Å². The van der Waals surface area contributed by atoms with Crippen molar-refractivity contribution < 1.29 is 9.59 Å². The van der Waals surface area contributed by atoms with E-state index in [4.69, 9.17) is 11.6 Å². The number of carbonyl (C=O) groups is 2. The molecule has 0 saturated carbocycles. The molecule has 1 aromatic carbocycles. The van der Waals surface area contributed by atoms with Crippen molar-refractivity contribution in [3.05, 3.63) is 29.3 Å². The van der Waals surface area contributed by atoms with Crippen molar-refractivity contribution in [2.24, 2.45) is 11.3 Å². The zero-order chi connectivity index (χ0) is 21.9. The number of likely N-dealkylation sites (tertiary alicyclic amines) is 1. The predicted molar refractivity (Wildman–Crippen MR) is 122 cm³/mol. The summed E-state index contributed by atoms with van der Waals surface area (Å²) in [4.78, 5) is 27.4. The third kappa shape index (κ3) is 6.01. The molecule has 2 unspecified atom stereocenters. The standard InChI is InChI=1S/C22H29ClN4O2S/c1-14(13-22(2,3)4)12-18(28)27-11-5-6-17(27)19(29)24-21-26-25-20(30-21)15-7-9-16(23)10-8-15/h7-10,14,17H,5-6,11-13H2,1-4H3,(H,24,26,29). The maximum Gasteiger partial charge on any atom is 0.249 e. The van der Waals surface area contributed by atoms with Gasteiger partial charge in [0.25, 0.3) is 0 Å². The fourth-order valence-electron chi connectivity index (χ4n) is 4.04. The van der Waals surface area contributed by atoms with Gasteiger partial charge in [-0.05, 0) is 42.7 Å². The van der Waals surface area contributed by atoms with E-state index in [0.29, 0.717) is 34.5 Å². The molecule has 2 amide bonds. The SMILES string of the molecule is CC(CC(=O)N1CCCC1C(=O)Nc1nnc(-c2ccc(Cl)cc2)s1)CC(C)(C)C. The highest BCUT2D eigenvalue weighted by Gasteiger charge is 2.35. The van der Waals surface area contributed by atoms with Crippen LogP contribution in [0.2, 0.25) is 5.02 Å². The van der Waals surface area contributed by atoms with Crippen LogP contribution in [0.1, 0.15) is 53.4 Å². The van der Waals surface area contributed by atoms with Gasteiger partial charge in [-0.3, -0.25) is 14.9 Å². The highest BCUT2D eigenvalue weighted by molar-refractivity contribution is 7.18. The molecule has 2 heterocycles. The van der Waals surface area contributed by atoms with Gasteiger partial charge >= 0.3 is 0 Å². The Kier molecular flexibility index (Phi) is 7.14. The van der Waals surface area contributed by atoms with E-state index in [0.717, 1.165) is 18.4 Å². The van der Waals surface area contributed by atoms with Crippen molar-refractivity contribution in [2.45, 2.75) is 59.4 Å². The Balaban J connectivity index is 1.60. The molecule has 1 aromatic heterocycles. The number of aromatic nitrogens is 2. The minimum absolute atomic E-state index is 0.0588. The second-order valence-corrected chi connectivity index (χ2v) is 10.6. The Hall–Kier alpha value is -1.99. The largest absolute Gasteiger partial charge is 0.331 e. The molecule has 30 heavy (non-hydrogen) atoms. The summed E-state index contributed by atoms with van der Waals surface area (Å²) in [7, 11) is 0. The van der Waals surface area contributed by atoms with Crippen LogP contribution < -0.4 is 5.32 Å². The van der Waals surface area contributed by atoms with E-state index < -0.39 is 6.04 Å². The second-order valence-electron chi connectivity index (χ2n) is 9.23. The van der Waals surface area contributed by atoms with Crippen molar-refractivity contribution in [3.8, 4) is 10.6 Å². The van der Waals surface area contributed by atoms with Gasteiger partial charge in [0, 0.05) is 23.6 Å². The van der Waals surface area contributed by atoms with Crippen LogP contribution >= 0.6 is 22.9 Å². The van der Waals surface area contributed by atoms with Crippen LogP contribution in [0.25, 0.3) is 10.6 Å². The van der Waals surface area contributed by atoms with Crippen molar-refractivity contribution in [1.29, 1.82) is 0 Å². The summed E-state index contributed by atoms with van der Waals surface area (Å²) in [5.74, 6) is 0.151. The third-order valence-corrected chi connectivity index (χ3v) is 6.25. The third-order valence-electron chi connectivity index (χ3n) is 5.11. The Morgan fingerprint density at radius 1 is 1.27 bits per heavy atom. The molecule has 1 N–H and O–H groups in total. The molecule has 1 aliphatic rings. The molecule has 6 nitrogen and oxygen atoms in total. The van der Waals surface area contributed by atoms with Crippen LogP contribution in [-0.4, -0.2) is 39.5 Å². The van der Waals surface area contributed by atoms with Crippen molar-refractivity contribution in [3.63, 3.8) is 0 Å². The number of benzene rings is 1. The summed E-state index contributed by atoms with van der Waals surface area (Å²) in [5, 5.41) is 12.9. The van der Waals surface area contributed by atoms with Crippen LogP contribution in [0.4, 0.5) is 5.13 Å². The fraction of sp³-hybridized carbons (Fsp3) is 0.545. The van der Waals surface area contributed by atoms with E-state index in [2.05, 4.69) is 43.2 Å². The topological polar surface area (TPSA) is 75.2 Å². The summed E-state index contributed by atoms with van der Waals surface area (Å²) in [6, 6.07) is 6.87. The van der Waals surface area contributed by atoms with Crippen LogP contribution in [0.5, 0.6) is 0 Å². The Morgan fingerprint density at radius 2 is 1.97 bits per heavy atom. The van der Waals surface area contributed by atoms with Crippen LogP contribution in [-0.2, 0) is 9.59 Å². The lowest BCUT2D eigenvalue weighted by molar-refractivity contribution is -0.137. The maximum absolute atomic E-state index is 12.9. The molecule has 1 fully saturated rings. The molecule has 2 aromatic rings. The molecule has 2 atom stereocenters. The lowest BCUT2D eigenvalue weighted by Crippen LogP contribution is -2.43. The van der Waals surface area contributed by atoms with Crippen LogP contribution in [0, 0.1) is 11.3 Å². The number of hydrogen-bond acceptors (Lipinski definition) is 5. The Morgan fingerprint density at radius 3 is 2.63 bits per heavy atom. The number of anilines is 1. The highest BCUT2D eigenvalue weighted by Crippen LogP contribution is 2.30. The number of nitrogens with one attached hydrogen (secondary N) is 1. The fourth-order valence-corrected chi connectivity index (χ4v) is 4.92. The van der Waals surface area contributed by atoms with E-state index in [1.807, 2.05) is 12.1 Å². The van der Waals surface area contributed by atoms with Crippen molar-refractivity contribution >= 4 is 39.9 Å². The minimum Gasteiger partial charge on any atom is -0.331 e. The number of carbonyl (C=O) groups excluding carboxylic acids is 2. The minimum atomic E-state index is -0.442. The summed E-state index contributed by atoms with van der Waals surface area (Å²) < 4.78 is 0. The van der Waals surface area contributed by atoms with Gasteiger partial charge in [0.1, 0.15) is 11.0 Å². The smallest absolute Gasteiger partial charge is 0.249 e. The summed E-state index contributed by atoms with van der Waals surface area (Å²) in [6.45, 7) is 9.28. The molecule has 0 spiro atoms. The highest BCUT2D eigenvalue weighted by atomic mass is 35.5. The van der Waals surface area contributed by atoms with Gasteiger partial charge in [0.2, 0.25) is 16.9 Å². The molecule has 1 aliphatic heterocycles. The predicted octanol–water partition coefficient (Wildman–Crippen LogP) is 5.25. The molecule has 0 radical (unpaired) electrons.